The molecule has 4 rings (SSSR count). The Morgan fingerprint density at radius 1 is 0.933 bits per heavy atom. The van der Waals surface area contributed by atoms with Gasteiger partial charge >= 0.3 is 0 Å². The minimum absolute atomic E-state index is 0.00417. The Bertz CT molecular complexity index is 930. The molecular formula is C22H24N2O6. The number of hydrogen-bond acceptors (Lipinski definition) is 6. The SMILES string of the molecule is COc1cc(OC)cc(C(=O)NC2CCN(C(=O)c3ccc4c(c3)OCO4)CC2)c1. The number of carbonyl (C=O) groups excluding carboxylic acids is 2. The lowest BCUT2D eigenvalue weighted by Crippen LogP contribution is -2.46. The molecule has 8 heteroatoms. The number of ether oxygens (including phenoxy) is 4. The average molecular weight is 412 g/mol. The highest BCUT2D eigenvalue weighted by Crippen LogP contribution is 2.33. The highest BCUT2D eigenvalue weighted by Gasteiger charge is 2.26. The highest BCUT2D eigenvalue weighted by molar-refractivity contribution is 5.96. The Balaban J connectivity index is 1.34. The molecule has 2 aliphatic heterocycles. The third-order valence-corrected chi connectivity index (χ3v) is 5.35. The van der Waals surface area contributed by atoms with Crippen molar-refractivity contribution in [3.8, 4) is 23.0 Å². The molecule has 1 fully saturated rings. The van der Waals surface area contributed by atoms with E-state index in [1.165, 1.54) is 0 Å². The monoisotopic (exact) mass is 412 g/mol. The smallest absolute Gasteiger partial charge is 0.253 e. The molecule has 2 aliphatic rings. The van der Waals surface area contributed by atoms with Gasteiger partial charge in [0.1, 0.15) is 11.5 Å². The van der Waals surface area contributed by atoms with E-state index < -0.39 is 0 Å². The summed E-state index contributed by atoms with van der Waals surface area (Å²) in [6, 6.07) is 10.3. The van der Waals surface area contributed by atoms with Crippen molar-refractivity contribution in [2.24, 2.45) is 0 Å². The van der Waals surface area contributed by atoms with Crippen LogP contribution in [0, 0.1) is 0 Å². The molecule has 0 saturated carbocycles. The molecule has 30 heavy (non-hydrogen) atoms. The van der Waals surface area contributed by atoms with Crippen molar-refractivity contribution in [3.63, 3.8) is 0 Å². The minimum Gasteiger partial charge on any atom is -0.497 e. The van der Waals surface area contributed by atoms with E-state index in [4.69, 9.17) is 18.9 Å². The first-order chi connectivity index (χ1) is 14.6. The van der Waals surface area contributed by atoms with Crippen LogP contribution in [0.15, 0.2) is 36.4 Å². The fraction of sp³-hybridized carbons (Fsp3) is 0.364. The Kier molecular flexibility index (Phi) is 5.65. The number of fused-ring (bicyclic) bond motifs is 1. The number of likely N-dealkylation sites (tertiary alicyclic amines) is 1. The summed E-state index contributed by atoms with van der Waals surface area (Å²) in [5.74, 6) is 2.13. The van der Waals surface area contributed by atoms with E-state index in [0.29, 0.717) is 60.1 Å². The molecule has 2 aromatic rings. The fourth-order valence-corrected chi connectivity index (χ4v) is 3.65. The zero-order chi connectivity index (χ0) is 21.1. The van der Waals surface area contributed by atoms with Crippen LogP contribution < -0.4 is 24.3 Å². The highest BCUT2D eigenvalue weighted by atomic mass is 16.7. The van der Waals surface area contributed by atoms with E-state index in [2.05, 4.69) is 5.32 Å². The van der Waals surface area contributed by atoms with Crippen LogP contribution in [0.3, 0.4) is 0 Å². The first kappa shape index (κ1) is 19.9. The van der Waals surface area contributed by atoms with Gasteiger partial charge in [-0.15, -0.1) is 0 Å². The average Bonchev–Trinajstić information content (AvgIpc) is 3.26. The second-order valence-electron chi connectivity index (χ2n) is 7.21. The van der Waals surface area contributed by atoms with Crippen LogP contribution in [-0.2, 0) is 0 Å². The van der Waals surface area contributed by atoms with Crippen molar-refractivity contribution in [1.29, 1.82) is 0 Å². The van der Waals surface area contributed by atoms with Gasteiger partial charge in [-0.3, -0.25) is 9.59 Å². The number of piperidine rings is 1. The van der Waals surface area contributed by atoms with Crippen molar-refractivity contribution in [3.05, 3.63) is 47.5 Å². The number of nitrogens with zero attached hydrogens (tertiary/aromatic N) is 1. The van der Waals surface area contributed by atoms with Crippen molar-refractivity contribution in [2.45, 2.75) is 18.9 Å². The number of benzene rings is 2. The molecule has 0 unspecified atom stereocenters. The molecule has 0 radical (unpaired) electrons. The van der Waals surface area contributed by atoms with Gasteiger partial charge in [-0.1, -0.05) is 0 Å². The number of rotatable bonds is 5. The van der Waals surface area contributed by atoms with Crippen LogP contribution in [0.1, 0.15) is 33.6 Å². The van der Waals surface area contributed by atoms with Crippen LogP contribution in [-0.4, -0.2) is 56.9 Å². The van der Waals surface area contributed by atoms with Crippen LogP contribution in [0.5, 0.6) is 23.0 Å². The summed E-state index contributed by atoms with van der Waals surface area (Å²) in [5, 5.41) is 3.05. The zero-order valence-corrected chi connectivity index (χ0v) is 17.0. The van der Waals surface area contributed by atoms with Gasteiger partial charge in [-0.05, 0) is 43.2 Å². The zero-order valence-electron chi connectivity index (χ0n) is 17.0. The molecule has 0 spiro atoms. The minimum atomic E-state index is -0.187. The molecule has 0 atom stereocenters. The summed E-state index contributed by atoms with van der Waals surface area (Å²) in [6.07, 6.45) is 1.37. The first-order valence-corrected chi connectivity index (χ1v) is 9.80. The Morgan fingerprint density at radius 3 is 2.27 bits per heavy atom. The quantitative estimate of drug-likeness (QED) is 0.812. The molecule has 1 N–H and O–H groups in total. The standard InChI is InChI=1S/C22H24N2O6/c1-27-17-9-15(10-18(12-17)28-2)21(25)23-16-5-7-24(8-6-16)22(26)14-3-4-19-20(11-14)30-13-29-19/h3-4,9-12,16H,5-8,13H2,1-2H3,(H,23,25). The summed E-state index contributed by atoms with van der Waals surface area (Å²) < 4.78 is 21.1. The van der Waals surface area contributed by atoms with Crippen LogP contribution in [0.4, 0.5) is 0 Å². The van der Waals surface area contributed by atoms with E-state index in [1.54, 1.807) is 55.5 Å². The molecule has 8 nitrogen and oxygen atoms in total. The van der Waals surface area contributed by atoms with Gasteiger partial charge in [0.05, 0.1) is 14.2 Å². The molecule has 2 aromatic carbocycles. The van der Waals surface area contributed by atoms with Gasteiger partial charge in [-0.2, -0.15) is 0 Å². The summed E-state index contributed by atoms with van der Waals surface area (Å²) in [4.78, 5) is 27.3. The second kappa shape index (κ2) is 8.52. The van der Waals surface area contributed by atoms with Crippen LogP contribution >= 0.6 is 0 Å². The molecular weight excluding hydrogens is 388 g/mol. The predicted molar refractivity (Wildman–Crippen MR) is 109 cm³/mol. The third kappa shape index (κ3) is 4.12. The van der Waals surface area contributed by atoms with Gasteiger partial charge in [0.2, 0.25) is 6.79 Å². The van der Waals surface area contributed by atoms with E-state index in [1.807, 2.05) is 0 Å². The summed E-state index contributed by atoms with van der Waals surface area (Å²) >= 11 is 0. The normalized spacial score (nSPS) is 15.6. The van der Waals surface area contributed by atoms with Gasteiger partial charge in [0, 0.05) is 36.3 Å². The van der Waals surface area contributed by atoms with Crippen LogP contribution in [0.2, 0.25) is 0 Å². The predicted octanol–water partition coefficient (Wildman–Crippen LogP) is 2.47. The number of nitrogens with one attached hydrogen (secondary N) is 1. The topological polar surface area (TPSA) is 86.3 Å². The molecule has 158 valence electrons. The van der Waals surface area contributed by atoms with Crippen molar-refractivity contribution < 1.29 is 28.5 Å². The fourth-order valence-electron chi connectivity index (χ4n) is 3.65. The number of carbonyl (C=O) groups is 2. The van der Waals surface area contributed by atoms with E-state index in [0.717, 1.165) is 0 Å². The maximum Gasteiger partial charge on any atom is 0.253 e. The summed E-state index contributed by atoms with van der Waals surface area (Å²) in [6.45, 7) is 1.32. The van der Waals surface area contributed by atoms with Crippen molar-refractivity contribution >= 4 is 11.8 Å². The van der Waals surface area contributed by atoms with Crippen molar-refractivity contribution in [1.82, 2.24) is 10.2 Å². The largest absolute Gasteiger partial charge is 0.497 e. The molecule has 0 bridgehead atoms. The molecule has 2 heterocycles. The molecule has 1 saturated heterocycles. The van der Waals surface area contributed by atoms with Crippen molar-refractivity contribution in [2.75, 3.05) is 34.1 Å². The van der Waals surface area contributed by atoms with E-state index in [-0.39, 0.29) is 24.6 Å². The lowest BCUT2D eigenvalue weighted by molar-refractivity contribution is 0.0697. The first-order valence-electron chi connectivity index (χ1n) is 9.80. The molecule has 0 aromatic heterocycles. The van der Waals surface area contributed by atoms with Gasteiger partial charge in [0.25, 0.3) is 11.8 Å². The Labute approximate surface area is 174 Å². The van der Waals surface area contributed by atoms with E-state index in [9.17, 15) is 9.59 Å². The number of hydrogen-bond donors (Lipinski definition) is 1. The van der Waals surface area contributed by atoms with Gasteiger partial charge in [0.15, 0.2) is 11.5 Å². The second-order valence-corrected chi connectivity index (χ2v) is 7.21. The summed E-state index contributed by atoms with van der Waals surface area (Å²) in [5.41, 5.74) is 1.05. The van der Waals surface area contributed by atoms with Gasteiger partial charge < -0.3 is 29.2 Å². The third-order valence-electron chi connectivity index (χ3n) is 5.35. The van der Waals surface area contributed by atoms with E-state index >= 15 is 0 Å². The Hall–Kier alpha value is -3.42. The maximum atomic E-state index is 12.8. The molecule has 2 amide bonds. The lowest BCUT2D eigenvalue weighted by atomic mass is 10.0. The Morgan fingerprint density at radius 2 is 1.60 bits per heavy atom. The summed E-state index contributed by atoms with van der Waals surface area (Å²) in [7, 11) is 3.09. The van der Waals surface area contributed by atoms with Gasteiger partial charge in [-0.25, -0.2) is 0 Å². The number of methoxy groups -OCH3 is 2. The molecule has 0 aliphatic carbocycles. The maximum absolute atomic E-state index is 12.8. The van der Waals surface area contributed by atoms with Crippen LogP contribution in [0.25, 0.3) is 0 Å². The lowest BCUT2D eigenvalue weighted by Gasteiger charge is -2.32. The number of amides is 2.